The van der Waals surface area contributed by atoms with Gasteiger partial charge in [0.25, 0.3) is 0 Å². The number of nitrogen functional groups attached to an aromatic ring is 1. The molecule has 0 aliphatic carbocycles. The van der Waals surface area contributed by atoms with Crippen molar-refractivity contribution in [2.75, 3.05) is 30.5 Å². The first-order valence-corrected chi connectivity index (χ1v) is 26.0. The molecule has 2 atom stereocenters. The van der Waals surface area contributed by atoms with E-state index in [-0.39, 0.29) is 86.2 Å². The van der Waals surface area contributed by atoms with Crippen LogP contribution in [0.2, 0.25) is 0 Å². The van der Waals surface area contributed by atoms with Gasteiger partial charge in [-0.1, -0.05) is 129 Å². The van der Waals surface area contributed by atoms with Crippen LogP contribution in [-0.2, 0) is 50.4 Å². The maximum atomic E-state index is 13.0. The van der Waals surface area contributed by atoms with Crippen LogP contribution in [0.3, 0.4) is 0 Å². The Bertz CT molecular complexity index is 2020. The van der Waals surface area contributed by atoms with Crippen LogP contribution >= 0.6 is 7.82 Å². The fourth-order valence-corrected chi connectivity index (χ4v) is 7.86. The van der Waals surface area contributed by atoms with Crippen molar-refractivity contribution in [2.24, 2.45) is 10.8 Å². The van der Waals surface area contributed by atoms with Crippen LogP contribution in [0.25, 0.3) is 0 Å². The van der Waals surface area contributed by atoms with Crippen molar-refractivity contribution >= 4 is 43.1 Å². The highest BCUT2D eigenvalue weighted by Gasteiger charge is 2.33. The number of amides is 1. The third-order valence-corrected chi connectivity index (χ3v) is 11.6. The molecular formula is C52H81N4O11P. The van der Waals surface area contributed by atoms with Crippen LogP contribution in [-0.4, -0.2) is 70.0 Å². The number of phosphoric acid groups is 1. The number of unbranched alkanes of at least 4 members (excludes halogenated alkanes) is 10. The zero-order valence-electron chi connectivity index (χ0n) is 42.4. The molecule has 2 aromatic rings. The van der Waals surface area contributed by atoms with Crippen molar-refractivity contribution < 1.29 is 51.9 Å². The van der Waals surface area contributed by atoms with Gasteiger partial charge < -0.3 is 24.8 Å². The van der Waals surface area contributed by atoms with Crippen molar-refractivity contribution in [3.63, 3.8) is 0 Å². The minimum absolute atomic E-state index is 0.0172. The number of anilines is 2. The number of carbonyl (C=O) groups is 4. The summed E-state index contributed by atoms with van der Waals surface area (Å²) >= 11 is 0. The lowest BCUT2D eigenvalue weighted by Gasteiger charge is -2.21. The summed E-state index contributed by atoms with van der Waals surface area (Å²) in [5.41, 5.74) is 7.64. The van der Waals surface area contributed by atoms with E-state index in [1.54, 1.807) is 24.3 Å². The summed E-state index contributed by atoms with van der Waals surface area (Å²) in [7, 11) is -4.64. The number of hydrogen-bond acceptors (Lipinski definition) is 13. The summed E-state index contributed by atoms with van der Waals surface area (Å²) in [4.78, 5) is 72.1. The number of phosphoric ester groups is 1. The van der Waals surface area contributed by atoms with E-state index in [9.17, 15) is 28.6 Å². The van der Waals surface area contributed by atoms with E-state index in [4.69, 9.17) is 29.0 Å². The maximum absolute atomic E-state index is 13.0. The van der Waals surface area contributed by atoms with E-state index in [1.165, 1.54) is 4.90 Å². The number of nitrogens with two attached hydrogens (primary N) is 1. The second-order valence-electron chi connectivity index (χ2n) is 20.8. The molecule has 0 fully saturated rings. The fraction of sp³-hybridized carbons (Fsp3) is 0.654. The predicted octanol–water partition coefficient (Wildman–Crippen LogP) is 11.5. The molecule has 2 heterocycles. The van der Waals surface area contributed by atoms with Crippen molar-refractivity contribution in [3.8, 4) is 6.01 Å². The number of ether oxygens (including phenoxy) is 3. The second kappa shape index (κ2) is 28.3. The van der Waals surface area contributed by atoms with Gasteiger partial charge in [0.15, 0.2) is 11.9 Å². The molecule has 3 N–H and O–H groups in total. The Morgan fingerprint density at radius 3 is 1.88 bits per heavy atom. The van der Waals surface area contributed by atoms with Gasteiger partial charge in [0.2, 0.25) is 5.91 Å². The number of fused-ring (bicyclic) bond motifs is 1. The lowest BCUT2D eigenvalue weighted by atomic mass is 9.95. The van der Waals surface area contributed by atoms with Crippen LogP contribution in [0.15, 0.2) is 48.6 Å². The van der Waals surface area contributed by atoms with E-state index < -0.39 is 38.1 Å². The van der Waals surface area contributed by atoms with E-state index in [2.05, 4.69) is 75.8 Å². The Balaban J connectivity index is 1.45. The van der Waals surface area contributed by atoms with Crippen LogP contribution in [0.5, 0.6) is 6.01 Å². The molecule has 0 radical (unpaired) electrons. The summed E-state index contributed by atoms with van der Waals surface area (Å²) in [6.45, 7) is 17.7. The molecule has 1 aliphatic rings. The molecule has 0 bridgehead atoms. The highest BCUT2D eigenvalue weighted by Crippen LogP contribution is 2.43. The highest BCUT2D eigenvalue weighted by atomic mass is 31.2. The molecule has 0 spiro atoms. The highest BCUT2D eigenvalue weighted by molar-refractivity contribution is 7.47. The van der Waals surface area contributed by atoms with Gasteiger partial charge in [-0.2, -0.15) is 9.97 Å². The predicted molar refractivity (Wildman–Crippen MR) is 266 cm³/mol. The van der Waals surface area contributed by atoms with Gasteiger partial charge in [0, 0.05) is 30.4 Å². The Labute approximate surface area is 406 Å². The first-order valence-electron chi connectivity index (χ1n) is 24.5. The SMILES string of the molecule is CC(C)(C)/C=C\CCCCCCCC(=O)OCC(COP(=O)(O)OCCCC(=O)c1ccc(CN2C(=O)Cc3c(N)nc(OC(C)(C)C)nc32)cc1)OC(=O)CCCCCCC/C=C\C(C)(C)C. The lowest BCUT2D eigenvalue weighted by molar-refractivity contribution is -0.161. The van der Waals surface area contributed by atoms with Gasteiger partial charge in [0.05, 0.1) is 26.2 Å². The average Bonchev–Trinajstić information content (AvgIpc) is 3.55. The molecule has 0 saturated heterocycles. The molecule has 1 aromatic heterocycles. The normalized spacial score (nSPS) is 14.6. The number of aromatic nitrogens is 2. The van der Waals surface area contributed by atoms with Crippen molar-refractivity contribution in [1.29, 1.82) is 0 Å². The van der Waals surface area contributed by atoms with E-state index in [0.29, 0.717) is 29.8 Å². The monoisotopic (exact) mass is 969 g/mol. The van der Waals surface area contributed by atoms with Gasteiger partial charge >= 0.3 is 25.8 Å². The number of nitrogens with zero attached hydrogens (tertiary/aromatic N) is 3. The zero-order chi connectivity index (χ0) is 50.4. The topological polar surface area (TPSA) is 207 Å². The largest absolute Gasteiger partial charge is 0.472 e. The van der Waals surface area contributed by atoms with Gasteiger partial charge in [-0.05, 0) is 82.1 Å². The molecule has 1 aromatic carbocycles. The first kappa shape index (κ1) is 57.9. The van der Waals surface area contributed by atoms with Gasteiger partial charge in [-0.25, -0.2) is 4.57 Å². The molecule has 68 heavy (non-hydrogen) atoms. The fourth-order valence-electron chi connectivity index (χ4n) is 7.08. The van der Waals surface area contributed by atoms with Gasteiger partial charge in [-0.15, -0.1) is 0 Å². The Morgan fingerprint density at radius 1 is 0.750 bits per heavy atom. The molecule has 1 amide bonds. The molecule has 0 saturated carbocycles. The number of carbonyl (C=O) groups excluding carboxylic acids is 4. The van der Waals surface area contributed by atoms with E-state index >= 15 is 0 Å². The molecule has 3 rings (SSSR count). The summed E-state index contributed by atoms with van der Waals surface area (Å²) in [5.74, 6) is -0.793. The van der Waals surface area contributed by atoms with Gasteiger partial charge in [0.1, 0.15) is 23.8 Å². The van der Waals surface area contributed by atoms with Crippen LogP contribution < -0.4 is 15.4 Å². The molecular weight excluding hydrogens is 888 g/mol. The summed E-state index contributed by atoms with van der Waals surface area (Å²) in [6, 6.07) is 6.87. The molecule has 2 unspecified atom stereocenters. The van der Waals surface area contributed by atoms with E-state index in [1.807, 2.05) is 20.8 Å². The minimum atomic E-state index is -4.64. The lowest BCUT2D eigenvalue weighted by Crippen LogP contribution is -2.29. The standard InChI is InChI=1S/C52H81N4O11P/c1-50(2,3)32-22-18-14-10-12-16-20-26-45(59)63-37-41(66-46(60)27-21-17-13-11-15-19-23-33-51(4,5)6)38-65-68(61,62)64-34-24-25-43(57)40-30-28-39(29-31-40)36-56-44(58)35-42-47(53)54-49(55-48(42)56)67-52(7,8)9/h22-23,28-33,41H,10-21,24-27,34-38H2,1-9H3,(H,61,62)(H2,53,54,55)/b32-22-,33-23-. The second-order valence-corrected chi connectivity index (χ2v) is 22.3. The number of rotatable bonds is 31. The van der Waals surface area contributed by atoms with Crippen LogP contribution in [0, 0.1) is 10.8 Å². The van der Waals surface area contributed by atoms with Crippen molar-refractivity contribution in [3.05, 3.63) is 65.3 Å². The Morgan fingerprint density at radius 2 is 1.31 bits per heavy atom. The van der Waals surface area contributed by atoms with E-state index in [0.717, 1.165) is 69.8 Å². The first-order chi connectivity index (χ1) is 31.9. The number of hydrogen-bond donors (Lipinski definition) is 2. The smallest absolute Gasteiger partial charge is 0.462 e. The summed E-state index contributed by atoms with van der Waals surface area (Å²) < 4.78 is 40.0. The van der Waals surface area contributed by atoms with Crippen molar-refractivity contribution in [1.82, 2.24) is 9.97 Å². The van der Waals surface area contributed by atoms with Crippen LogP contribution in [0.1, 0.15) is 187 Å². The number of esters is 2. The number of Topliss-reactive ketones (excluding diaryl/α,β-unsaturated/α-hetero) is 1. The molecule has 16 heteroatoms. The average molecular weight is 969 g/mol. The quantitative estimate of drug-likeness (QED) is 0.0237. The Hall–Kier alpha value is -4.43. The molecule has 15 nitrogen and oxygen atoms in total. The summed E-state index contributed by atoms with van der Waals surface area (Å²) in [6.07, 6.45) is 19.7. The third-order valence-electron chi connectivity index (χ3n) is 10.6. The Kier molecular flexibility index (Phi) is 24.1. The summed E-state index contributed by atoms with van der Waals surface area (Å²) in [5, 5.41) is 0. The van der Waals surface area contributed by atoms with Gasteiger partial charge in [-0.3, -0.25) is 33.1 Å². The van der Waals surface area contributed by atoms with Crippen LogP contribution in [0.4, 0.5) is 11.6 Å². The number of ketones is 1. The zero-order valence-corrected chi connectivity index (χ0v) is 43.3. The number of benzene rings is 1. The molecule has 380 valence electrons. The minimum Gasteiger partial charge on any atom is -0.462 e. The molecule has 1 aliphatic heterocycles. The van der Waals surface area contributed by atoms with Crippen molar-refractivity contribution in [2.45, 2.75) is 190 Å². The maximum Gasteiger partial charge on any atom is 0.472 e. The third kappa shape index (κ3) is 24.7. The number of allylic oxidation sites excluding steroid dienone is 4.